The number of nitrogens with two attached hydrogens (primary N) is 1. The quantitative estimate of drug-likeness (QED) is 0.397. The highest BCUT2D eigenvalue weighted by Crippen LogP contribution is 2.35. The van der Waals surface area contributed by atoms with E-state index in [1.54, 1.807) is 36.5 Å². The predicted molar refractivity (Wildman–Crippen MR) is 126 cm³/mol. The van der Waals surface area contributed by atoms with Crippen LogP contribution in [0.5, 0.6) is 0 Å². The monoisotopic (exact) mass is 483 g/mol. The summed E-state index contributed by atoms with van der Waals surface area (Å²) < 4.78 is 63.2. The van der Waals surface area contributed by atoms with Crippen LogP contribution in [0.3, 0.4) is 0 Å². The van der Waals surface area contributed by atoms with E-state index < -0.39 is 21.6 Å². The fourth-order valence-corrected chi connectivity index (χ4v) is 4.20. The lowest BCUT2D eigenvalue weighted by Crippen LogP contribution is -2.07. The molecule has 0 spiro atoms. The van der Waals surface area contributed by atoms with Gasteiger partial charge in [0.05, 0.1) is 16.2 Å². The maximum absolute atomic E-state index is 13.3. The zero-order chi connectivity index (χ0) is 24.7. The molecule has 0 aliphatic carbocycles. The van der Waals surface area contributed by atoms with Gasteiger partial charge in [-0.1, -0.05) is 30.3 Å². The number of benzene rings is 2. The molecule has 4 rings (SSSR count). The molecule has 2 N–H and O–H groups in total. The summed E-state index contributed by atoms with van der Waals surface area (Å²) >= 11 is 0. The van der Waals surface area contributed by atoms with Gasteiger partial charge in [0.1, 0.15) is 5.82 Å². The summed E-state index contributed by atoms with van der Waals surface area (Å²) in [5, 5.41) is 0. The molecule has 34 heavy (non-hydrogen) atoms. The second-order valence-corrected chi connectivity index (χ2v) is 9.93. The third kappa shape index (κ3) is 4.79. The Labute approximate surface area is 195 Å². The molecule has 0 amide bonds. The van der Waals surface area contributed by atoms with E-state index in [4.69, 9.17) is 5.73 Å². The molecular weight excluding hydrogens is 463 g/mol. The average Bonchev–Trinajstić information content (AvgIpc) is 2.79. The van der Waals surface area contributed by atoms with Crippen LogP contribution >= 0.6 is 0 Å². The van der Waals surface area contributed by atoms with E-state index in [2.05, 4.69) is 9.97 Å². The Hall–Kier alpha value is -3.72. The van der Waals surface area contributed by atoms with E-state index >= 15 is 0 Å². The number of rotatable bonds is 4. The van der Waals surface area contributed by atoms with E-state index in [0.29, 0.717) is 22.4 Å². The van der Waals surface area contributed by atoms with Crippen LogP contribution in [0.1, 0.15) is 11.1 Å². The number of sulfone groups is 1. The van der Waals surface area contributed by atoms with E-state index in [-0.39, 0.29) is 16.3 Å². The van der Waals surface area contributed by atoms with Crippen LogP contribution in [0.4, 0.5) is 19.0 Å². The molecule has 2 heterocycles. The lowest BCUT2D eigenvalue weighted by Gasteiger charge is -2.12. The van der Waals surface area contributed by atoms with Crippen molar-refractivity contribution in [1.29, 1.82) is 0 Å². The zero-order valence-electron chi connectivity index (χ0n) is 18.3. The number of halogens is 3. The van der Waals surface area contributed by atoms with Gasteiger partial charge in [-0.3, -0.25) is 4.98 Å². The number of aryl methyl sites for hydroxylation is 1. The Morgan fingerprint density at radius 3 is 2.00 bits per heavy atom. The lowest BCUT2D eigenvalue weighted by atomic mass is 10.00. The molecule has 9 heteroatoms. The van der Waals surface area contributed by atoms with Gasteiger partial charge in [0.15, 0.2) is 9.84 Å². The number of pyridine rings is 2. The van der Waals surface area contributed by atoms with E-state index in [0.717, 1.165) is 23.4 Å². The molecule has 4 aromatic rings. The average molecular weight is 484 g/mol. The van der Waals surface area contributed by atoms with Crippen LogP contribution in [0, 0.1) is 6.92 Å². The first-order valence-electron chi connectivity index (χ1n) is 10.1. The minimum atomic E-state index is -4.44. The Bertz CT molecular complexity index is 1470. The summed E-state index contributed by atoms with van der Waals surface area (Å²) in [6.45, 7) is 1.42. The fourth-order valence-electron chi connectivity index (χ4n) is 3.57. The first-order valence-corrected chi connectivity index (χ1v) is 12.0. The van der Waals surface area contributed by atoms with Crippen LogP contribution in [0.25, 0.3) is 33.5 Å². The van der Waals surface area contributed by atoms with Gasteiger partial charge >= 0.3 is 6.18 Å². The van der Waals surface area contributed by atoms with E-state index in [9.17, 15) is 21.6 Å². The highest BCUT2D eigenvalue weighted by molar-refractivity contribution is 7.90. The van der Waals surface area contributed by atoms with Gasteiger partial charge in [-0.2, -0.15) is 13.2 Å². The molecule has 0 aliphatic rings. The van der Waals surface area contributed by atoms with Crippen molar-refractivity contribution in [2.24, 2.45) is 0 Å². The molecule has 2 aromatic heterocycles. The van der Waals surface area contributed by atoms with Crippen molar-refractivity contribution in [2.45, 2.75) is 18.0 Å². The first-order chi connectivity index (χ1) is 15.9. The molecule has 174 valence electrons. The third-order valence-corrected chi connectivity index (χ3v) is 6.58. The van der Waals surface area contributed by atoms with Crippen molar-refractivity contribution < 1.29 is 21.6 Å². The highest BCUT2D eigenvalue weighted by atomic mass is 32.2. The zero-order valence-corrected chi connectivity index (χ0v) is 19.1. The van der Waals surface area contributed by atoms with Gasteiger partial charge in [0, 0.05) is 40.9 Å². The minimum absolute atomic E-state index is 0.146. The number of anilines is 1. The summed E-state index contributed by atoms with van der Waals surface area (Å²) in [5.41, 5.74) is 9.00. The van der Waals surface area contributed by atoms with Gasteiger partial charge < -0.3 is 5.73 Å². The molecular formula is C25H20F3N3O2S. The van der Waals surface area contributed by atoms with Crippen molar-refractivity contribution in [1.82, 2.24) is 9.97 Å². The molecule has 0 fully saturated rings. The van der Waals surface area contributed by atoms with Gasteiger partial charge in [-0.05, 0) is 48.4 Å². The minimum Gasteiger partial charge on any atom is -0.383 e. The number of nitrogen functional groups attached to an aromatic ring is 1. The normalized spacial score (nSPS) is 12.0. The first kappa shape index (κ1) is 23.4. The van der Waals surface area contributed by atoms with Gasteiger partial charge in [-0.15, -0.1) is 0 Å². The molecule has 0 saturated heterocycles. The molecule has 0 bridgehead atoms. The molecule has 0 unspecified atom stereocenters. The van der Waals surface area contributed by atoms with Crippen LogP contribution in [0.2, 0.25) is 0 Å². The number of aromatic nitrogens is 2. The van der Waals surface area contributed by atoms with Gasteiger partial charge in [-0.25, -0.2) is 13.4 Å². The van der Waals surface area contributed by atoms with Crippen LogP contribution < -0.4 is 5.73 Å². The highest BCUT2D eigenvalue weighted by Gasteiger charge is 2.32. The van der Waals surface area contributed by atoms with Crippen LogP contribution in [-0.2, 0) is 16.0 Å². The largest absolute Gasteiger partial charge is 0.416 e. The number of alkyl halides is 3. The molecule has 0 atom stereocenters. The summed E-state index contributed by atoms with van der Waals surface area (Å²) in [4.78, 5) is 8.79. The maximum Gasteiger partial charge on any atom is 0.416 e. The van der Waals surface area contributed by atoms with Gasteiger partial charge in [0.25, 0.3) is 0 Å². The Kier molecular flexibility index (Phi) is 5.91. The van der Waals surface area contributed by atoms with Crippen molar-refractivity contribution in [3.8, 4) is 33.5 Å². The molecule has 0 radical (unpaired) electrons. The van der Waals surface area contributed by atoms with Gasteiger partial charge in [0.2, 0.25) is 0 Å². The smallest absolute Gasteiger partial charge is 0.383 e. The van der Waals surface area contributed by atoms with Crippen molar-refractivity contribution in [3.05, 3.63) is 84.2 Å². The third-order valence-electron chi connectivity index (χ3n) is 5.45. The summed E-state index contributed by atoms with van der Waals surface area (Å²) in [7, 11) is -3.31. The second kappa shape index (κ2) is 8.57. The van der Waals surface area contributed by atoms with Crippen molar-refractivity contribution >= 4 is 15.7 Å². The maximum atomic E-state index is 13.3. The van der Waals surface area contributed by atoms with E-state index in [1.165, 1.54) is 31.3 Å². The number of hydrogen-bond donors (Lipinski definition) is 1. The van der Waals surface area contributed by atoms with Crippen LogP contribution in [-0.4, -0.2) is 24.6 Å². The second-order valence-electron chi connectivity index (χ2n) is 7.91. The number of nitrogens with zero attached hydrogens (tertiary/aromatic N) is 2. The molecule has 2 aromatic carbocycles. The molecule has 5 nitrogen and oxygen atoms in total. The Morgan fingerprint density at radius 1 is 0.794 bits per heavy atom. The Morgan fingerprint density at radius 2 is 1.41 bits per heavy atom. The predicted octanol–water partition coefficient (Wildman–Crippen LogP) is 5.79. The summed E-state index contributed by atoms with van der Waals surface area (Å²) in [5.74, 6) is 0.265. The SMILES string of the molecule is Cc1ccc(-c2ccc(-c3cc(-c4ccc(S(C)(=O)=O)cc4)cnc3N)cn2)cc1C(F)(F)F. The lowest BCUT2D eigenvalue weighted by molar-refractivity contribution is -0.138. The van der Waals surface area contributed by atoms with E-state index in [1.807, 2.05) is 6.07 Å². The van der Waals surface area contributed by atoms with Crippen molar-refractivity contribution in [2.75, 3.05) is 12.0 Å². The van der Waals surface area contributed by atoms with Crippen molar-refractivity contribution in [3.63, 3.8) is 0 Å². The topological polar surface area (TPSA) is 85.9 Å². The molecule has 0 aliphatic heterocycles. The standard InChI is InChI=1S/C25H20F3N3O2S/c1-15-3-4-17(12-22(15)25(26,27)28)23-10-7-18(13-30-23)21-11-19(14-31-24(21)29)16-5-8-20(9-6-16)34(2,32)33/h3-14H,1-2H3,(H2,29,31). The number of hydrogen-bond acceptors (Lipinski definition) is 5. The van der Waals surface area contributed by atoms with Crippen LogP contribution in [0.15, 0.2) is 78.0 Å². The summed E-state index contributed by atoms with van der Waals surface area (Å²) in [6, 6.07) is 15.7. The molecule has 0 saturated carbocycles. The Balaban J connectivity index is 1.67. The fraction of sp³-hybridized carbons (Fsp3) is 0.120. The summed E-state index contributed by atoms with van der Waals surface area (Å²) in [6.07, 6.45) is -0.185.